The largest absolute Gasteiger partial charge is 0.481 e. The van der Waals surface area contributed by atoms with E-state index in [0.29, 0.717) is 46.0 Å². The Morgan fingerprint density at radius 3 is 0.529 bits per heavy atom. The van der Waals surface area contributed by atoms with E-state index >= 15 is 0 Å². The van der Waals surface area contributed by atoms with Gasteiger partial charge in [0.25, 0.3) is 0 Å². The van der Waals surface area contributed by atoms with Crippen molar-refractivity contribution in [3.63, 3.8) is 0 Å². The molecule has 0 aliphatic carbocycles. The van der Waals surface area contributed by atoms with Gasteiger partial charge in [-0.3, -0.25) is 38.4 Å². The lowest BCUT2D eigenvalue weighted by Gasteiger charge is -2.28. The van der Waals surface area contributed by atoms with Gasteiger partial charge in [0, 0.05) is 46.0 Å². The van der Waals surface area contributed by atoms with E-state index in [1.54, 1.807) is 0 Å². The van der Waals surface area contributed by atoms with E-state index in [1.807, 2.05) is 0 Å². The van der Waals surface area contributed by atoms with Gasteiger partial charge in [0.05, 0.1) is 115 Å². The molecule has 0 rings (SSSR count). The highest BCUT2D eigenvalue weighted by Gasteiger charge is 2.33. The summed E-state index contributed by atoms with van der Waals surface area (Å²) >= 11 is 29.8. The SMILES string of the molecule is O=C(CCS)OCC(CO)(CO)COC(=O)CCS.O=C(O)CCS.O=C(O)CCS.O=C(O)CCS.O=C(O)CCS.O=C(O)CCS.O=C(O)CCS.OCC(CO)(CO)CO.OCCO. The van der Waals surface area contributed by atoms with E-state index < -0.39 is 98.2 Å². The lowest BCUT2D eigenvalue weighted by atomic mass is 9.92. The molecular weight excluding hydrogens is 1070 g/mol. The number of esters is 2. The smallest absolute Gasteiger partial charge is 0.306 e. The quantitative estimate of drug-likeness (QED) is 0.0344. The van der Waals surface area contributed by atoms with E-state index in [9.17, 15) is 48.6 Å². The summed E-state index contributed by atoms with van der Waals surface area (Å²) in [5, 5.41) is 115. The van der Waals surface area contributed by atoms with Crippen molar-refractivity contribution in [2.24, 2.45) is 10.8 Å². The van der Waals surface area contributed by atoms with Crippen LogP contribution in [-0.2, 0) is 47.8 Å². The van der Waals surface area contributed by atoms with Crippen LogP contribution in [0.2, 0.25) is 0 Å². The molecule has 0 unspecified atom stereocenters. The van der Waals surface area contributed by atoms with Crippen LogP contribution in [0.1, 0.15) is 51.4 Å². The predicted molar refractivity (Wildman–Crippen MR) is 277 cm³/mol. The minimum atomic E-state index is -1.18. The predicted octanol–water partition coefficient (Wildman–Crippen LogP) is -1.06. The molecular formula is C36H74O24S8. The number of hydrogen-bond donors (Lipinski definition) is 22. The average molecular weight is 1150 g/mol. The standard InChI is InChI=1S/C11H20O6S2.C5H12O4.6C3H6O2S.C2H6O2/c12-5-11(6-13,7-16-9(14)1-3-18)8-17-10(15)2-4-19;6-1-5(2-7,3-8)4-9;6*4-3(5)1-2-6;3-1-2-4/h12-13,18-19H,1-8H2;6-9H,1-4H2;6*6H,1-2H2,(H,4,5);3-4H,1-2H2. The summed E-state index contributed by atoms with van der Waals surface area (Å²) in [5.74, 6) is -2.44. The van der Waals surface area contributed by atoms with Gasteiger partial charge in [-0.2, -0.15) is 101 Å². The third kappa shape index (κ3) is 90.6. The zero-order valence-corrected chi connectivity index (χ0v) is 44.5. The summed E-state index contributed by atoms with van der Waals surface area (Å²) in [6, 6.07) is 0. The van der Waals surface area contributed by atoms with Crippen LogP contribution < -0.4 is 0 Å². The monoisotopic (exact) mass is 1150 g/mol. The Hall–Kier alpha value is -1.76. The fraction of sp³-hybridized carbons (Fsp3) is 0.778. The van der Waals surface area contributed by atoms with E-state index in [-0.39, 0.29) is 77.8 Å². The van der Waals surface area contributed by atoms with Gasteiger partial charge in [-0.15, -0.1) is 0 Å². The minimum absolute atomic E-state index is 0.125. The fourth-order valence-electron chi connectivity index (χ4n) is 1.94. The molecule has 0 bridgehead atoms. The number of thiol groups is 8. The fourth-order valence-corrected chi connectivity index (χ4v) is 3.46. The van der Waals surface area contributed by atoms with Gasteiger partial charge >= 0.3 is 47.8 Å². The zero-order valence-electron chi connectivity index (χ0n) is 37.3. The lowest BCUT2D eigenvalue weighted by molar-refractivity contribution is -0.158. The third-order valence-corrected chi connectivity index (χ3v) is 7.57. The maximum atomic E-state index is 11.2. The van der Waals surface area contributed by atoms with Crippen molar-refractivity contribution in [2.45, 2.75) is 51.4 Å². The zero-order chi connectivity index (χ0) is 55.4. The Morgan fingerprint density at radius 1 is 0.294 bits per heavy atom. The van der Waals surface area contributed by atoms with Crippen molar-refractivity contribution in [3.05, 3.63) is 0 Å². The number of rotatable bonds is 27. The van der Waals surface area contributed by atoms with Crippen molar-refractivity contribution < 1.29 is 119 Å². The maximum absolute atomic E-state index is 11.2. The lowest BCUT2D eigenvalue weighted by Crippen LogP contribution is -2.41. The molecule has 0 aliphatic rings. The minimum Gasteiger partial charge on any atom is -0.481 e. The van der Waals surface area contributed by atoms with Crippen LogP contribution >= 0.6 is 101 Å². The first-order chi connectivity index (χ1) is 31.8. The number of carbonyl (C=O) groups excluding carboxylic acids is 2. The van der Waals surface area contributed by atoms with E-state index in [0.717, 1.165) is 0 Å². The van der Waals surface area contributed by atoms with Crippen LogP contribution in [0.15, 0.2) is 0 Å². The number of aliphatic hydroxyl groups is 8. The molecule has 0 aromatic carbocycles. The van der Waals surface area contributed by atoms with Crippen molar-refractivity contribution in [2.75, 3.05) is 112 Å². The number of hydrogen-bond acceptors (Lipinski definition) is 26. The van der Waals surface area contributed by atoms with Gasteiger partial charge in [-0.05, 0) is 0 Å². The van der Waals surface area contributed by atoms with E-state index in [1.165, 1.54) is 0 Å². The molecule has 0 aromatic rings. The highest BCUT2D eigenvalue weighted by atomic mass is 32.1. The maximum Gasteiger partial charge on any atom is 0.306 e. The second-order valence-corrected chi connectivity index (χ2v) is 15.4. The topological polar surface area (TPSA) is 438 Å². The van der Waals surface area contributed by atoms with Gasteiger partial charge < -0.3 is 81.0 Å². The van der Waals surface area contributed by atoms with E-state index in [4.69, 9.17) is 70.8 Å². The van der Waals surface area contributed by atoms with Crippen LogP contribution in [0.3, 0.4) is 0 Å². The van der Waals surface area contributed by atoms with Gasteiger partial charge in [0.2, 0.25) is 0 Å². The molecule has 0 amide bonds. The van der Waals surface area contributed by atoms with Crippen LogP contribution in [0.25, 0.3) is 0 Å². The summed E-state index contributed by atoms with van der Waals surface area (Å²) < 4.78 is 9.82. The average Bonchev–Trinajstić information content (AvgIpc) is 3.26. The van der Waals surface area contributed by atoms with Crippen LogP contribution in [-0.4, -0.2) is 231 Å². The Bertz CT molecular complexity index is 1020. The first-order valence-electron chi connectivity index (χ1n) is 19.2. The summed E-state index contributed by atoms with van der Waals surface area (Å²) in [6.45, 7) is -3.25. The van der Waals surface area contributed by atoms with Crippen molar-refractivity contribution >= 4 is 149 Å². The molecule has 0 atom stereocenters. The van der Waals surface area contributed by atoms with Crippen LogP contribution in [0, 0.1) is 10.8 Å². The number of aliphatic carboxylic acids is 6. The highest BCUT2D eigenvalue weighted by Crippen LogP contribution is 2.18. The molecule has 0 saturated heterocycles. The number of aliphatic hydroxyl groups excluding tert-OH is 8. The van der Waals surface area contributed by atoms with Crippen molar-refractivity contribution in [1.82, 2.24) is 0 Å². The second kappa shape index (κ2) is 69.5. The Balaban J connectivity index is -0.0000000871. The molecule has 68 heavy (non-hydrogen) atoms. The molecule has 0 aliphatic heterocycles. The molecule has 0 spiro atoms. The second-order valence-electron chi connectivity index (χ2n) is 11.9. The number of ether oxygens (including phenoxy) is 2. The van der Waals surface area contributed by atoms with Gasteiger partial charge in [-0.25, -0.2) is 0 Å². The molecule has 0 heterocycles. The van der Waals surface area contributed by atoms with Gasteiger partial charge in [-0.1, -0.05) is 0 Å². The van der Waals surface area contributed by atoms with Crippen LogP contribution in [0.5, 0.6) is 0 Å². The molecule has 0 radical (unpaired) electrons. The Morgan fingerprint density at radius 2 is 0.456 bits per heavy atom. The van der Waals surface area contributed by atoms with E-state index in [2.05, 4.69) is 101 Å². The van der Waals surface area contributed by atoms with Crippen LogP contribution in [0.4, 0.5) is 0 Å². The normalized spacial score (nSPS) is 9.47. The summed E-state index contributed by atoms with van der Waals surface area (Å²) in [7, 11) is 0. The summed E-state index contributed by atoms with van der Waals surface area (Å²) in [5.41, 5.74) is -2.29. The van der Waals surface area contributed by atoms with Gasteiger partial charge in [0.1, 0.15) is 13.2 Å². The molecule has 0 fully saturated rings. The summed E-state index contributed by atoms with van der Waals surface area (Å²) in [4.78, 5) is 79.7. The Kier molecular flexibility index (Phi) is 87.9. The molecule has 32 heteroatoms. The number of carboxylic acid groups (broad SMARTS) is 6. The number of carboxylic acids is 6. The molecule has 410 valence electrons. The van der Waals surface area contributed by atoms with Crippen molar-refractivity contribution in [1.29, 1.82) is 0 Å². The highest BCUT2D eigenvalue weighted by molar-refractivity contribution is 7.81. The molecule has 14 N–H and O–H groups in total. The molecule has 0 saturated carbocycles. The molecule has 0 aromatic heterocycles. The molecule has 24 nitrogen and oxygen atoms in total. The Labute approximate surface area is 439 Å². The first-order valence-corrected chi connectivity index (χ1v) is 24.2. The van der Waals surface area contributed by atoms with Crippen molar-refractivity contribution in [3.8, 4) is 0 Å². The number of carbonyl (C=O) groups is 8. The van der Waals surface area contributed by atoms with Gasteiger partial charge in [0.15, 0.2) is 0 Å². The summed E-state index contributed by atoms with van der Waals surface area (Å²) in [6.07, 6.45) is 1.20. The third-order valence-electron chi connectivity index (χ3n) is 5.78. The first kappa shape index (κ1) is 86.0.